The second kappa shape index (κ2) is 8.80. The average molecular weight is 427 g/mol. The molecule has 8 heteroatoms. The molecule has 0 fully saturated rings. The first kappa shape index (κ1) is 22.0. The monoisotopic (exact) mass is 426 g/mol. The summed E-state index contributed by atoms with van der Waals surface area (Å²) in [6.45, 7) is 5.59. The number of benzene rings is 2. The number of halogens is 2. The topological polar surface area (TPSA) is 82.8 Å². The quantitative estimate of drug-likeness (QED) is 0.709. The van der Waals surface area contributed by atoms with E-state index in [2.05, 4.69) is 5.32 Å². The van der Waals surface area contributed by atoms with Crippen LogP contribution >= 0.6 is 24.0 Å². The molecule has 28 heavy (non-hydrogen) atoms. The highest BCUT2D eigenvalue weighted by Gasteiger charge is 2.25. The molecule has 0 spiro atoms. The molecule has 3 rings (SSSR count). The molecule has 1 heterocycles. The molecule has 0 atom stereocenters. The highest BCUT2D eigenvalue weighted by Crippen LogP contribution is 2.35. The number of nitrogen functional groups attached to an aromatic ring is 1. The third-order valence-corrected chi connectivity index (χ3v) is 4.91. The van der Waals surface area contributed by atoms with Crippen LogP contribution in [0.2, 0.25) is 5.02 Å². The van der Waals surface area contributed by atoms with Crippen LogP contribution in [0.3, 0.4) is 0 Å². The summed E-state index contributed by atoms with van der Waals surface area (Å²) in [7, 11) is 1.48. The third-order valence-electron chi connectivity index (χ3n) is 4.58. The summed E-state index contributed by atoms with van der Waals surface area (Å²) in [4.78, 5) is 12.7. The number of carbonyl (C=O) groups excluding carboxylic acids is 1. The van der Waals surface area contributed by atoms with Crippen molar-refractivity contribution >= 4 is 35.6 Å². The maximum Gasteiger partial charge on any atom is 0.255 e. The molecule has 1 aliphatic rings. The van der Waals surface area contributed by atoms with Gasteiger partial charge in [0.15, 0.2) is 11.5 Å². The van der Waals surface area contributed by atoms with Crippen molar-refractivity contribution in [2.24, 2.45) is 0 Å². The predicted octanol–water partition coefficient (Wildman–Crippen LogP) is 3.83. The smallest absolute Gasteiger partial charge is 0.255 e. The lowest BCUT2D eigenvalue weighted by atomic mass is 9.84. The van der Waals surface area contributed by atoms with Crippen molar-refractivity contribution in [1.29, 1.82) is 0 Å². The molecule has 0 aromatic heterocycles. The molecule has 0 saturated carbocycles. The highest BCUT2D eigenvalue weighted by molar-refractivity contribution is 6.33. The molecule has 3 N–H and O–H groups in total. The molecular formula is C20H24Cl2N2O4. The van der Waals surface area contributed by atoms with Crippen molar-refractivity contribution in [3.05, 3.63) is 46.5 Å². The number of hydrogen-bond acceptors (Lipinski definition) is 5. The maximum atomic E-state index is 12.7. The zero-order valence-corrected chi connectivity index (χ0v) is 17.6. The number of nitrogens with two attached hydrogens (primary N) is 1. The first-order valence-corrected chi connectivity index (χ1v) is 9.01. The lowest BCUT2D eigenvalue weighted by Gasteiger charge is -2.28. The van der Waals surface area contributed by atoms with Crippen LogP contribution in [0.5, 0.6) is 17.2 Å². The largest absolute Gasteiger partial charge is 0.496 e. The van der Waals surface area contributed by atoms with Gasteiger partial charge in [0, 0.05) is 18.0 Å². The van der Waals surface area contributed by atoms with Crippen molar-refractivity contribution < 1.29 is 19.0 Å². The van der Waals surface area contributed by atoms with E-state index in [-0.39, 0.29) is 23.7 Å². The van der Waals surface area contributed by atoms with E-state index in [1.807, 2.05) is 32.0 Å². The van der Waals surface area contributed by atoms with Gasteiger partial charge in [-0.3, -0.25) is 4.79 Å². The second-order valence-corrected chi connectivity index (χ2v) is 7.41. The van der Waals surface area contributed by atoms with Gasteiger partial charge in [0.1, 0.15) is 19.0 Å². The summed E-state index contributed by atoms with van der Waals surface area (Å²) < 4.78 is 16.5. The van der Waals surface area contributed by atoms with Crippen molar-refractivity contribution in [2.45, 2.75) is 19.3 Å². The number of rotatable bonds is 5. The Morgan fingerprint density at radius 2 is 1.89 bits per heavy atom. The van der Waals surface area contributed by atoms with Crippen LogP contribution in [0, 0.1) is 0 Å². The molecule has 6 nitrogen and oxygen atoms in total. The van der Waals surface area contributed by atoms with Gasteiger partial charge in [0.25, 0.3) is 5.91 Å². The van der Waals surface area contributed by atoms with Gasteiger partial charge in [-0.1, -0.05) is 31.5 Å². The zero-order chi connectivity index (χ0) is 19.6. The maximum absolute atomic E-state index is 12.7. The van der Waals surface area contributed by atoms with Gasteiger partial charge in [-0.25, -0.2) is 0 Å². The van der Waals surface area contributed by atoms with Gasteiger partial charge in [0.05, 0.1) is 23.4 Å². The fourth-order valence-electron chi connectivity index (χ4n) is 2.88. The van der Waals surface area contributed by atoms with Crippen LogP contribution in [0.15, 0.2) is 30.3 Å². The Balaban J connectivity index is 0.00000280. The van der Waals surface area contributed by atoms with Crippen LogP contribution in [-0.4, -0.2) is 32.8 Å². The summed E-state index contributed by atoms with van der Waals surface area (Å²) in [5.41, 5.74) is 7.19. The number of amides is 1. The minimum Gasteiger partial charge on any atom is -0.496 e. The fraction of sp³-hybridized carbons (Fsp3) is 0.350. The van der Waals surface area contributed by atoms with E-state index in [9.17, 15) is 4.79 Å². The molecule has 0 saturated heterocycles. The normalized spacial score (nSPS) is 12.7. The number of nitrogens with one attached hydrogen (secondary N) is 1. The first-order valence-electron chi connectivity index (χ1n) is 8.63. The lowest BCUT2D eigenvalue weighted by Crippen LogP contribution is -2.37. The molecule has 0 bridgehead atoms. The Kier molecular flexibility index (Phi) is 6.91. The Morgan fingerprint density at radius 1 is 1.21 bits per heavy atom. The third kappa shape index (κ3) is 4.56. The molecule has 2 aromatic carbocycles. The fourth-order valence-corrected chi connectivity index (χ4v) is 3.04. The van der Waals surface area contributed by atoms with Gasteiger partial charge < -0.3 is 25.3 Å². The Morgan fingerprint density at radius 3 is 2.57 bits per heavy atom. The van der Waals surface area contributed by atoms with E-state index in [0.717, 1.165) is 17.1 Å². The molecule has 152 valence electrons. The van der Waals surface area contributed by atoms with Crippen molar-refractivity contribution in [1.82, 2.24) is 5.32 Å². The van der Waals surface area contributed by atoms with Gasteiger partial charge in [-0.2, -0.15) is 0 Å². The molecule has 2 aromatic rings. The number of fused-ring (bicyclic) bond motifs is 1. The van der Waals surface area contributed by atoms with Crippen molar-refractivity contribution in [3.8, 4) is 17.2 Å². The molecule has 0 unspecified atom stereocenters. The molecule has 1 amide bonds. The summed E-state index contributed by atoms with van der Waals surface area (Å²) >= 11 is 6.05. The molecule has 1 aliphatic heterocycles. The standard InChI is InChI=1S/C20H23ClN2O4.ClH/c1-20(2,12-4-5-16-18(8-12)27-7-6-26-16)11-23-19(24)13-9-14(21)15(22)10-17(13)25-3;/h4-5,8-10H,6-7,11,22H2,1-3H3,(H,23,24);1H. The van der Waals surface area contributed by atoms with Crippen LogP contribution in [0.1, 0.15) is 29.8 Å². The van der Waals surface area contributed by atoms with Crippen LogP contribution in [-0.2, 0) is 5.41 Å². The highest BCUT2D eigenvalue weighted by atomic mass is 35.5. The minimum atomic E-state index is -0.323. The molecule has 0 radical (unpaired) electrons. The average Bonchev–Trinajstić information content (AvgIpc) is 2.67. The SMILES string of the molecule is COc1cc(N)c(Cl)cc1C(=O)NCC(C)(C)c1ccc2c(c1)OCCO2.Cl. The zero-order valence-electron chi connectivity index (χ0n) is 16.0. The van der Waals surface area contributed by atoms with E-state index >= 15 is 0 Å². The number of methoxy groups -OCH3 is 1. The Hall–Kier alpha value is -2.31. The predicted molar refractivity (Wildman–Crippen MR) is 112 cm³/mol. The van der Waals surface area contributed by atoms with E-state index in [4.69, 9.17) is 31.5 Å². The minimum absolute atomic E-state index is 0. The van der Waals surface area contributed by atoms with Crippen LogP contribution in [0.4, 0.5) is 5.69 Å². The van der Waals surface area contributed by atoms with Crippen LogP contribution < -0.4 is 25.3 Å². The van der Waals surface area contributed by atoms with Crippen molar-refractivity contribution in [2.75, 3.05) is 32.6 Å². The summed E-state index contributed by atoms with van der Waals surface area (Å²) in [5, 5.41) is 3.26. The van der Waals surface area contributed by atoms with E-state index in [1.165, 1.54) is 13.2 Å². The Labute approximate surface area is 175 Å². The lowest BCUT2D eigenvalue weighted by molar-refractivity contribution is 0.0942. The second-order valence-electron chi connectivity index (χ2n) is 7.00. The van der Waals surface area contributed by atoms with Crippen molar-refractivity contribution in [3.63, 3.8) is 0 Å². The molecular weight excluding hydrogens is 403 g/mol. The summed E-state index contributed by atoms with van der Waals surface area (Å²) in [6.07, 6.45) is 0. The van der Waals surface area contributed by atoms with Gasteiger partial charge in [-0.05, 0) is 23.8 Å². The molecule has 0 aliphatic carbocycles. The number of ether oxygens (including phenoxy) is 3. The first-order chi connectivity index (χ1) is 12.8. The number of hydrogen-bond donors (Lipinski definition) is 2. The van der Waals surface area contributed by atoms with Gasteiger partial charge >= 0.3 is 0 Å². The number of anilines is 1. The van der Waals surface area contributed by atoms with E-state index in [1.54, 1.807) is 6.07 Å². The summed E-state index contributed by atoms with van der Waals surface area (Å²) in [5.74, 6) is 1.57. The number of carbonyl (C=O) groups is 1. The van der Waals surface area contributed by atoms with E-state index in [0.29, 0.717) is 41.8 Å². The van der Waals surface area contributed by atoms with Crippen LogP contribution in [0.25, 0.3) is 0 Å². The van der Waals surface area contributed by atoms with Gasteiger partial charge in [0.2, 0.25) is 0 Å². The summed E-state index contributed by atoms with van der Waals surface area (Å²) in [6, 6.07) is 8.91. The Bertz CT molecular complexity index is 872. The van der Waals surface area contributed by atoms with Gasteiger partial charge in [-0.15, -0.1) is 12.4 Å². The van der Waals surface area contributed by atoms with E-state index < -0.39 is 0 Å².